The minimum Gasteiger partial charge on any atom is -0.489 e. The molecule has 0 saturated carbocycles. The molecule has 2 N–H and O–H groups in total. The number of ether oxygens (including phenoxy) is 1. The van der Waals surface area contributed by atoms with Crippen LogP contribution in [0.1, 0.15) is 35.7 Å². The van der Waals surface area contributed by atoms with Crippen molar-refractivity contribution >= 4 is 18.3 Å². The van der Waals surface area contributed by atoms with E-state index in [4.69, 9.17) is 10.5 Å². The Bertz CT molecular complexity index is 761. The van der Waals surface area contributed by atoms with Crippen LogP contribution in [0.5, 0.6) is 5.75 Å². The van der Waals surface area contributed by atoms with Crippen LogP contribution in [0, 0.1) is 11.7 Å². The van der Waals surface area contributed by atoms with Crippen LogP contribution in [0.15, 0.2) is 48.5 Å². The molecule has 146 valence electrons. The van der Waals surface area contributed by atoms with Crippen molar-refractivity contribution in [3.8, 4) is 5.75 Å². The fourth-order valence-corrected chi connectivity index (χ4v) is 3.33. The lowest BCUT2D eigenvalue weighted by atomic mass is 9.90. The molecule has 1 saturated heterocycles. The van der Waals surface area contributed by atoms with Crippen LogP contribution in [-0.2, 0) is 6.61 Å². The molecule has 4 nitrogen and oxygen atoms in total. The number of likely N-dealkylation sites (tertiary alicyclic amines) is 1. The predicted octanol–water partition coefficient (Wildman–Crippen LogP) is 4.03. The summed E-state index contributed by atoms with van der Waals surface area (Å²) in [5, 5.41) is 0. The largest absolute Gasteiger partial charge is 0.489 e. The second-order valence-electron chi connectivity index (χ2n) is 6.94. The number of hydrogen-bond donors (Lipinski definition) is 1. The SMILES string of the molecule is CC(N)C1CCN(C(=O)c2cccc(COc3cccc(F)c3)c2)CC1.Cl. The molecular weight excluding hydrogens is 367 g/mol. The van der Waals surface area contributed by atoms with Crippen LogP contribution in [0.2, 0.25) is 0 Å². The molecule has 1 fully saturated rings. The number of hydrogen-bond acceptors (Lipinski definition) is 3. The topological polar surface area (TPSA) is 55.6 Å². The first-order chi connectivity index (χ1) is 12.5. The average Bonchev–Trinajstić information content (AvgIpc) is 2.66. The summed E-state index contributed by atoms with van der Waals surface area (Å²) < 4.78 is 18.8. The Morgan fingerprint density at radius 2 is 1.93 bits per heavy atom. The Morgan fingerprint density at radius 1 is 1.22 bits per heavy atom. The van der Waals surface area contributed by atoms with Gasteiger partial charge in [-0.25, -0.2) is 4.39 Å². The first kappa shape index (κ1) is 21.2. The van der Waals surface area contributed by atoms with Gasteiger partial charge in [0.25, 0.3) is 5.91 Å². The highest BCUT2D eigenvalue weighted by molar-refractivity contribution is 5.94. The minimum atomic E-state index is -0.332. The van der Waals surface area contributed by atoms with Crippen molar-refractivity contribution in [1.82, 2.24) is 4.90 Å². The van der Waals surface area contributed by atoms with E-state index in [1.165, 1.54) is 12.1 Å². The molecule has 1 atom stereocenters. The maximum Gasteiger partial charge on any atom is 0.253 e. The summed E-state index contributed by atoms with van der Waals surface area (Å²) in [4.78, 5) is 14.6. The van der Waals surface area contributed by atoms with Crippen molar-refractivity contribution in [2.75, 3.05) is 13.1 Å². The Hall–Kier alpha value is -2.11. The maximum atomic E-state index is 13.2. The summed E-state index contributed by atoms with van der Waals surface area (Å²) in [7, 11) is 0. The molecule has 0 aromatic heterocycles. The second kappa shape index (κ2) is 9.72. The molecular formula is C21H26ClFN2O2. The lowest BCUT2D eigenvalue weighted by molar-refractivity contribution is 0.0681. The van der Waals surface area contributed by atoms with E-state index < -0.39 is 0 Å². The van der Waals surface area contributed by atoms with Gasteiger partial charge in [0.1, 0.15) is 18.2 Å². The molecule has 1 heterocycles. The fraction of sp³-hybridized carbons (Fsp3) is 0.381. The van der Waals surface area contributed by atoms with Gasteiger partial charge in [-0.05, 0) is 55.5 Å². The van der Waals surface area contributed by atoms with Crippen molar-refractivity contribution < 1.29 is 13.9 Å². The zero-order chi connectivity index (χ0) is 18.5. The number of carbonyl (C=O) groups is 1. The van der Waals surface area contributed by atoms with E-state index in [1.807, 2.05) is 36.1 Å². The van der Waals surface area contributed by atoms with Gasteiger partial charge in [0.2, 0.25) is 0 Å². The number of nitrogens with two attached hydrogens (primary N) is 1. The number of piperidine rings is 1. The first-order valence-corrected chi connectivity index (χ1v) is 9.05. The van der Waals surface area contributed by atoms with E-state index in [0.29, 0.717) is 17.2 Å². The summed E-state index contributed by atoms with van der Waals surface area (Å²) in [6, 6.07) is 13.6. The molecule has 1 amide bonds. The van der Waals surface area contributed by atoms with Crippen LogP contribution >= 0.6 is 12.4 Å². The van der Waals surface area contributed by atoms with E-state index in [1.54, 1.807) is 12.1 Å². The third-order valence-corrected chi connectivity index (χ3v) is 4.95. The van der Waals surface area contributed by atoms with Gasteiger partial charge in [0.05, 0.1) is 0 Å². The Morgan fingerprint density at radius 3 is 2.59 bits per heavy atom. The zero-order valence-corrected chi connectivity index (χ0v) is 16.3. The van der Waals surface area contributed by atoms with Crippen molar-refractivity contribution in [2.24, 2.45) is 11.7 Å². The number of benzene rings is 2. The molecule has 0 aliphatic carbocycles. The average molecular weight is 393 g/mol. The summed E-state index contributed by atoms with van der Waals surface area (Å²) in [5.74, 6) is 0.673. The number of halogens is 2. The molecule has 2 aromatic rings. The summed E-state index contributed by atoms with van der Waals surface area (Å²) in [5.41, 5.74) is 7.51. The van der Waals surface area contributed by atoms with Crippen LogP contribution in [0.3, 0.4) is 0 Å². The van der Waals surface area contributed by atoms with E-state index >= 15 is 0 Å². The third-order valence-electron chi connectivity index (χ3n) is 4.95. The quantitative estimate of drug-likeness (QED) is 0.835. The van der Waals surface area contributed by atoms with Crippen LogP contribution in [0.25, 0.3) is 0 Å². The van der Waals surface area contributed by atoms with Gasteiger partial charge in [-0.3, -0.25) is 4.79 Å². The van der Waals surface area contributed by atoms with Crippen molar-refractivity contribution in [3.05, 3.63) is 65.5 Å². The zero-order valence-electron chi connectivity index (χ0n) is 15.4. The molecule has 1 aliphatic rings. The van der Waals surface area contributed by atoms with E-state index in [0.717, 1.165) is 31.5 Å². The van der Waals surface area contributed by atoms with Crippen LogP contribution in [-0.4, -0.2) is 29.9 Å². The lowest BCUT2D eigenvalue weighted by Gasteiger charge is -2.33. The number of carbonyl (C=O) groups excluding carboxylic acids is 1. The van der Waals surface area contributed by atoms with Gasteiger partial charge >= 0.3 is 0 Å². The highest BCUT2D eigenvalue weighted by atomic mass is 35.5. The normalized spacial score (nSPS) is 15.7. The molecule has 0 spiro atoms. The molecule has 2 aromatic carbocycles. The van der Waals surface area contributed by atoms with Crippen molar-refractivity contribution in [3.63, 3.8) is 0 Å². The Balaban J connectivity index is 0.00000261. The van der Waals surface area contributed by atoms with Gasteiger partial charge in [0.15, 0.2) is 0 Å². The fourth-order valence-electron chi connectivity index (χ4n) is 3.33. The number of nitrogens with zero attached hydrogens (tertiary/aromatic N) is 1. The maximum absolute atomic E-state index is 13.2. The van der Waals surface area contributed by atoms with Gasteiger partial charge in [-0.1, -0.05) is 18.2 Å². The van der Waals surface area contributed by atoms with E-state index in [2.05, 4.69) is 0 Å². The van der Waals surface area contributed by atoms with Gasteiger partial charge in [-0.2, -0.15) is 0 Å². The molecule has 6 heteroatoms. The monoisotopic (exact) mass is 392 g/mol. The molecule has 3 rings (SSSR count). The van der Waals surface area contributed by atoms with Crippen molar-refractivity contribution in [1.29, 1.82) is 0 Å². The summed E-state index contributed by atoms with van der Waals surface area (Å²) in [6.07, 6.45) is 1.90. The van der Waals surface area contributed by atoms with E-state index in [9.17, 15) is 9.18 Å². The number of amides is 1. The Labute approximate surface area is 165 Å². The minimum absolute atomic E-state index is 0. The van der Waals surface area contributed by atoms with Gasteiger partial charge < -0.3 is 15.4 Å². The highest BCUT2D eigenvalue weighted by Gasteiger charge is 2.25. The smallest absolute Gasteiger partial charge is 0.253 e. The summed E-state index contributed by atoms with van der Waals surface area (Å²) in [6.45, 7) is 3.81. The standard InChI is InChI=1S/C21H25FN2O2.ClH/c1-15(23)17-8-10-24(11-9-17)21(25)18-5-2-4-16(12-18)14-26-20-7-3-6-19(22)13-20;/h2-7,12-13,15,17H,8-11,14,23H2,1H3;1H. The highest BCUT2D eigenvalue weighted by Crippen LogP contribution is 2.21. The third kappa shape index (κ3) is 5.68. The molecule has 1 aliphatic heterocycles. The first-order valence-electron chi connectivity index (χ1n) is 9.05. The van der Waals surface area contributed by atoms with Crippen LogP contribution < -0.4 is 10.5 Å². The molecule has 0 bridgehead atoms. The van der Waals surface area contributed by atoms with Crippen molar-refractivity contribution in [2.45, 2.75) is 32.4 Å². The molecule has 27 heavy (non-hydrogen) atoms. The summed E-state index contributed by atoms with van der Waals surface area (Å²) >= 11 is 0. The second-order valence-corrected chi connectivity index (χ2v) is 6.94. The molecule has 1 unspecified atom stereocenters. The van der Waals surface area contributed by atoms with Gasteiger partial charge in [0, 0.05) is 30.8 Å². The van der Waals surface area contributed by atoms with E-state index in [-0.39, 0.29) is 36.8 Å². The van der Waals surface area contributed by atoms with Gasteiger partial charge in [-0.15, -0.1) is 12.4 Å². The number of rotatable bonds is 5. The Kier molecular flexibility index (Phi) is 7.63. The predicted molar refractivity (Wildman–Crippen MR) is 107 cm³/mol. The molecule has 0 radical (unpaired) electrons. The lowest BCUT2D eigenvalue weighted by Crippen LogP contribution is -2.42. The van der Waals surface area contributed by atoms with Crippen LogP contribution in [0.4, 0.5) is 4.39 Å².